The molecule has 2 bridgehead atoms. The standard InChI is InChI=1S/C37H47N3O5/c1-7-20-38(21-8-2)33(42)30-31-34(43)40(29(24-41)27-14-12-11-13-15-27)32(37(31)19-18-36(30,10-4)45-37)35(44)39(22-9-3)28-23-25(5)16-17-26(28)6/h7,9,11-17,23,29-32,41H,1,3,8,10,18-22,24H2,2,4-6H3/t29-,30-,31+,32?,36+,37?/m1/s1. The van der Waals surface area contributed by atoms with Crippen LogP contribution in [0.3, 0.4) is 0 Å². The van der Waals surface area contributed by atoms with Crippen molar-refractivity contribution in [1.82, 2.24) is 9.80 Å². The van der Waals surface area contributed by atoms with E-state index in [1.807, 2.05) is 76.2 Å². The van der Waals surface area contributed by atoms with Gasteiger partial charge in [-0.2, -0.15) is 0 Å². The lowest BCUT2D eigenvalue weighted by Crippen LogP contribution is -2.57. The van der Waals surface area contributed by atoms with E-state index in [0.29, 0.717) is 37.9 Å². The lowest BCUT2D eigenvalue weighted by molar-refractivity contribution is -0.153. The molecule has 8 nitrogen and oxygen atoms in total. The van der Waals surface area contributed by atoms with E-state index in [9.17, 15) is 14.7 Å². The summed E-state index contributed by atoms with van der Waals surface area (Å²) in [6, 6.07) is 13.4. The molecule has 2 aromatic rings. The van der Waals surface area contributed by atoms with E-state index in [1.165, 1.54) is 0 Å². The predicted octanol–water partition coefficient (Wildman–Crippen LogP) is 5.14. The van der Waals surface area contributed by atoms with E-state index in [2.05, 4.69) is 13.2 Å². The minimum absolute atomic E-state index is 0.135. The van der Waals surface area contributed by atoms with E-state index in [-0.39, 0.29) is 30.9 Å². The Kier molecular flexibility index (Phi) is 9.38. The number of aliphatic hydroxyl groups excluding tert-OH is 1. The average molecular weight is 614 g/mol. The highest BCUT2D eigenvalue weighted by molar-refractivity contribution is 6.05. The molecule has 3 amide bonds. The van der Waals surface area contributed by atoms with Gasteiger partial charge in [-0.15, -0.1) is 13.2 Å². The highest BCUT2D eigenvalue weighted by atomic mass is 16.5. The second-order valence-corrected chi connectivity index (χ2v) is 12.8. The number of ether oxygens (including phenoxy) is 1. The van der Waals surface area contributed by atoms with Crippen LogP contribution in [0.1, 0.15) is 62.3 Å². The second-order valence-electron chi connectivity index (χ2n) is 12.8. The quantitative estimate of drug-likeness (QED) is 0.316. The number of hydrogen-bond acceptors (Lipinski definition) is 5. The lowest BCUT2D eigenvalue weighted by atomic mass is 9.64. The molecule has 2 aromatic carbocycles. The summed E-state index contributed by atoms with van der Waals surface area (Å²) in [5, 5.41) is 10.9. The molecule has 0 saturated carbocycles. The topological polar surface area (TPSA) is 90.4 Å². The van der Waals surface area contributed by atoms with Crippen molar-refractivity contribution in [3.63, 3.8) is 0 Å². The van der Waals surface area contributed by atoms with Crippen LogP contribution in [0.2, 0.25) is 0 Å². The summed E-state index contributed by atoms with van der Waals surface area (Å²) in [6.45, 7) is 16.5. The van der Waals surface area contributed by atoms with Crippen molar-refractivity contribution in [2.45, 2.75) is 76.7 Å². The van der Waals surface area contributed by atoms with Gasteiger partial charge in [0, 0.05) is 25.3 Å². The number of rotatable bonds is 13. The SMILES string of the molecule is C=CCN(CCC)C(=O)[C@H]1[C@H]2C(=O)N([C@H](CO)c3ccccc3)C(C(=O)N(CC=C)c3cc(C)ccc3C)C23CC[C@]1(CC)O3. The normalized spacial score (nSPS) is 27.3. The van der Waals surface area contributed by atoms with Crippen molar-refractivity contribution in [1.29, 1.82) is 0 Å². The van der Waals surface area contributed by atoms with E-state index in [0.717, 1.165) is 23.2 Å². The van der Waals surface area contributed by atoms with Crippen molar-refractivity contribution >= 4 is 23.4 Å². The Morgan fingerprint density at radius 3 is 2.40 bits per heavy atom. The number of amides is 3. The Bertz CT molecular complexity index is 1460. The van der Waals surface area contributed by atoms with Crippen LogP contribution in [0.25, 0.3) is 0 Å². The number of fused-ring (bicyclic) bond motifs is 1. The number of carbonyl (C=O) groups excluding carboxylic acids is 3. The molecule has 3 saturated heterocycles. The molecule has 8 heteroatoms. The predicted molar refractivity (Wildman–Crippen MR) is 175 cm³/mol. The smallest absolute Gasteiger partial charge is 0.253 e. The van der Waals surface area contributed by atoms with Gasteiger partial charge in [-0.25, -0.2) is 0 Å². The molecular weight excluding hydrogens is 566 g/mol. The maximum Gasteiger partial charge on any atom is 0.253 e. The van der Waals surface area contributed by atoms with Crippen molar-refractivity contribution in [3.05, 3.63) is 90.5 Å². The number of anilines is 1. The molecule has 1 spiro atoms. The minimum Gasteiger partial charge on any atom is -0.394 e. The van der Waals surface area contributed by atoms with Crippen molar-refractivity contribution in [3.8, 4) is 0 Å². The molecule has 2 unspecified atom stereocenters. The highest BCUT2D eigenvalue weighted by Crippen LogP contribution is 2.65. The number of benzene rings is 2. The Morgan fingerprint density at radius 1 is 1.07 bits per heavy atom. The van der Waals surface area contributed by atoms with Gasteiger partial charge >= 0.3 is 0 Å². The van der Waals surface area contributed by atoms with Crippen LogP contribution in [0.5, 0.6) is 0 Å². The summed E-state index contributed by atoms with van der Waals surface area (Å²) in [5.74, 6) is -2.37. The molecule has 0 aromatic heterocycles. The number of aliphatic hydroxyl groups is 1. The molecule has 3 aliphatic rings. The van der Waals surface area contributed by atoms with Crippen LogP contribution in [0, 0.1) is 25.7 Å². The summed E-state index contributed by atoms with van der Waals surface area (Å²) in [4.78, 5) is 49.6. The maximum atomic E-state index is 15.2. The lowest BCUT2D eigenvalue weighted by Gasteiger charge is -2.40. The third-order valence-electron chi connectivity index (χ3n) is 10.2. The van der Waals surface area contributed by atoms with Crippen LogP contribution in [0.15, 0.2) is 73.8 Å². The van der Waals surface area contributed by atoms with E-state index in [1.54, 1.807) is 26.9 Å². The molecule has 1 N–H and O–H groups in total. The summed E-state index contributed by atoms with van der Waals surface area (Å²) in [5.41, 5.74) is 1.27. The third-order valence-corrected chi connectivity index (χ3v) is 10.2. The molecule has 240 valence electrons. The fourth-order valence-electron chi connectivity index (χ4n) is 8.18. The molecule has 3 aliphatic heterocycles. The molecular formula is C37H47N3O5. The summed E-state index contributed by atoms with van der Waals surface area (Å²) < 4.78 is 7.05. The summed E-state index contributed by atoms with van der Waals surface area (Å²) in [7, 11) is 0. The number of carbonyl (C=O) groups is 3. The summed E-state index contributed by atoms with van der Waals surface area (Å²) in [6.07, 6.45) is 5.72. The van der Waals surface area contributed by atoms with Crippen LogP contribution < -0.4 is 4.90 Å². The fourth-order valence-corrected chi connectivity index (χ4v) is 8.18. The van der Waals surface area contributed by atoms with Gasteiger partial charge in [-0.3, -0.25) is 14.4 Å². The zero-order valence-electron chi connectivity index (χ0n) is 27.1. The van der Waals surface area contributed by atoms with Gasteiger partial charge in [0.15, 0.2) is 0 Å². The molecule has 45 heavy (non-hydrogen) atoms. The zero-order chi connectivity index (χ0) is 32.5. The van der Waals surface area contributed by atoms with Gasteiger partial charge in [0.2, 0.25) is 11.8 Å². The van der Waals surface area contributed by atoms with Gasteiger partial charge in [0.1, 0.15) is 11.6 Å². The Morgan fingerprint density at radius 2 is 1.78 bits per heavy atom. The number of aryl methyl sites for hydroxylation is 2. The third kappa shape index (κ3) is 5.22. The van der Waals surface area contributed by atoms with Gasteiger partial charge in [0.25, 0.3) is 5.91 Å². The van der Waals surface area contributed by atoms with Crippen molar-refractivity contribution < 1.29 is 24.2 Å². The molecule has 6 atom stereocenters. The first-order valence-corrected chi connectivity index (χ1v) is 16.2. The average Bonchev–Trinajstić information content (AvgIpc) is 3.65. The van der Waals surface area contributed by atoms with Gasteiger partial charge in [0.05, 0.1) is 30.1 Å². The fraction of sp³-hybridized carbons (Fsp3) is 0.486. The van der Waals surface area contributed by atoms with E-state index < -0.39 is 35.1 Å². The Balaban J connectivity index is 1.70. The monoisotopic (exact) mass is 613 g/mol. The first-order valence-electron chi connectivity index (χ1n) is 16.2. The number of likely N-dealkylation sites (tertiary alicyclic amines) is 1. The molecule has 0 radical (unpaired) electrons. The molecule has 3 heterocycles. The summed E-state index contributed by atoms with van der Waals surface area (Å²) >= 11 is 0. The Hall–Kier alpha value is -3.75. The minimum atomic E-state index is -1.23. The van der Waals surface area contributed by atoms with Crippen LogP contribution in [0.4, 0.5) is 5.69 Å². The zero-order valence-corrected chi connectivity index (χ0v) is 27.1. The van der Waals surface area contributed by atoms with E-state index >= 15 is 4.79 Å². The van der Waals surface area contributed by atoms with Crippen molar-refractivity contribution in [2.75, 3.05) is 31.1 Å². The molecule has 0 aliphatic carbocycles. The largest absolute Gasteiger partial charge is 0.394 e. The Labute approximate surface area is 267 Å². The van der Waals surface area contributed by atoms with Crippen LogP contribution in [-0.4, -0.2) is 76.1 Å². The van der Waals surface area contributed by atoms with E-state index in [4.69, 9.17) is 4.74 Å². The van der Waals surface area contributed by atoms with Crippen LogP contribution in [-0.2, 0) is 19.1 Å². The second kappa shape index (κ2) is 12.9. The van der Waals surface area contributed by atoms with Crippen molar-refractivity contribution in [2.24, 2.45) is 11.8 Å². The van der Waals surface area contributed by atoms with Gasteiger partial charge in [-0.1, -0.05) is 68.5 Å². The van der Waals surface area contributed by atoms with Gasteiger partial charge < -0.3 is 24.5 Å². The van der Waals surface area contributed by atoms with Crippen LogP contribution >= 0.6 is 0 Å². The van der Waals surface area contributed by atoms with Gasteiger partial charge in [-0.05, 0) is 62.3 Å². The molecule has 5 rings (SSSR count). The number of hydrogen-bond donors (Lipinski definition) is 1. The first kappa shape index (κ1) is 32.6. The highest BCUT2D eigenvalue weighted by Gasteiger charge is 2.79. The maximum absolute atomic E-state index is 15.2. The number of nitrogens with zero attached hydrogens (tertiary/aromatic N) is 3. The molecule has 3 fully saturated rings. The first-order chi connectivity index (χ1) is 21.6.